The van der Waals surface area contributed by atoms with E-state index in [1.807, 2.05) is 61.0 Å². The molecule has 0 aliphatic rings. The second-order valence-electron chi connectivity index (χ2n) is 7.33. The average Bonchev–Trinajstić information content (AvgIpc) is 3.06. The topological polar surface area (TPSA) is 92.8 Å². The molecule has 7 heteroatoms. The number of nitrogens with one attached hydrogen (secondary N) is 1. The first kappa shape index (κ1) is 22.0. The molecule has 0 atom stereocenters. The Bertz CT molecular complexity index is 1050. The number of rotatable bonds is 10. The van der Waals surface area contributed by atoms with Gasteiger partial charge in [0.25, 0.3) is 0 Å². The number of amides is 1. The molecule has 0 aliphatic carbocycles. The van der Waals surface area contributed by atoms with Gasteiger partial charge in [0, 0.05) is 30.9 Å². The number of aromatic nitrogens is 3. The highest BCUT2D eigenvalue weighted by molar-refractivity contribution is 5.76. The Kier molecular flexibility index (Phi) is 7.77. The van der Waals surface area contributed by atoms with Crippen LogP contribution in [-0.4, -0.2) is 20.7 Å². The molecule has 0 unspecified atom stereocenters. The minimum Gasteiger partial charge on any atom is -0.473 e. The highest BCUT2D eigenvalue weighted by Gasteiger charge is 2.13. The fourth-order valence-corrected chi connectivity index (χ4v) is 3.37. The van der Waals surface area contributed by atoms with Crippen LogP contribution in [0.15, 0.2) is 48.7 Å². The maximum Gasteiger partial charge on any atom is 0.220 e. The summed E-state index contributed by atoms with van der Waals surface area (Å²) in [5.41, 5.74) is 5.02. The summed E-state index contributed by atoms with van der Waals surface area (Å²) in [7, 11) is 0. The number of carbonyl (C=O) groups excluding carboxylic acids is 1. The van der Waals surface area contributed by atoms with E-state index in [0.29, 0.717) is 44.8 Å². The number of nitrogens with zero attached hydrogens (tertiary/aromatic N) is 4. The first-order valence-electron chi connectivity index (χ1n) is 10.3. The van der Waals surface area contributed by atoms with Gasteiger partial charge in [-0.15, -0.1) is 0 Å². The van der Waals surface area contributed by atoms with Crippen molar-refractivity contribution in [1.29, 1.82) is 5.26 Å². The molecule has 0 bridgehead atoms. The van der Waals surface area contributed by atoms with Gasteiger partial charge in [0.2, 0.25) is 11.8 Å². The zero-order chi connectivity index (χ0) is 22.1. The lowest BCUT2D eigenvalue weighted by Gasteiger charge is -2.09. The minimum atomic E-state index is -0.0212. The maximum absolute atomic E-state index is 12.4. The third-order valence-corrected chi connectivity index (χ3v) is 5.09. The summed E-state index contributed by atoms with van der Waals surface area (Å²) in [4.78, 5) is 16.6. The molecule has 0 aliphatic heterocycles. The van der Waals surface area contributed by atoms with E-state index in [4.69, 9.17) is 10.00 Å². The molecular weight excluding hydrogens is 390 g/mol. The van der Waals surface area contributed by atoms with Gasteiger partial charge in [-0.05, 0) is 43.0 Å². The largest absolute Gasteiger partial charge is 0.473 e. The number of aryl methyl sites for hydroxylation is 2. The monoisotopic (exact) mass is 417 g/mol. The van der Waals surface area contributed by atoms with Crippen LogP contribution >= 0.6 is 0 Å². The van der Waals surface area contributed by atoms with Gasteiger partial charge in [0.05, 0.1) is 24.7 Å². The van der Waals surface area contributed by atoms with E-state index < -0.39 is 0 Å². The maximum atomic E-state index is 12.4. The lowest BCUT2D eigenvalue weighted by atomic mass is 10.1. The summed E-state index contributed by atoms with van der Waals surface area (Å²) in [5, 5.41) is 16.2. The Morgan fingerprint density at radius 1 is 1.19 bits per heavy atom. The molecule has 2 heterocycles. The molecule has 160 valence electrons. The van der Waals surface area contributed by atoms with Crippen LogP contribution in [0, 0.1) is 25.2 Å². The van der Waals surface area contributed by atoms with E-state index in [2.05, 4.69) is 21.5 Å². The standard InChI is InChI=1S/C24H27N5O2/c1-18-22(19(2)29(28-18)14-6-12-25)9-10-23(30)27-16-21-11-13-26-24(15-21)31-17-20-7-4-3-5-8-20/h3-5,7-8,11,13,15H,6,9-10,14,16-17H2,1-2H3,(H,27,30). The van der Waals surface area contributed by atoms with Crippen LogP contribution in [0.4, 0.5) is 0 Å². The second kappa shape index (κ2) is 10.9. The molecule has 0 spiro atoms. The quantitative estimate of drug-likeness (QED) is 0.544. The summed E-state index contributed by atoms with van der Waals surface area (Å²) in [5.74, 6) is 0.513. The van der Waals surface area contributed by atoms with Crippen molar-refractivity contribution in [2.75, 3.05) is 0 Å². The predicted molar refractivity (Wildman–Crippen MR) is 117 cm³/mol. The van der Waals surface area contributed by atoms with Crippen LogP contribution in [0.1, 0.15) is 40.9 Å². The zero-order valence-corrected chi connectivity index (χ0v) is 18.0. The molecule has 0 saturated carbocycles. The van der Waals surface area contributed by atoms with Gasteiger partial charge in [-0.3, -0.25) is 9.48 Å². The van der Waals surface area contributed by atoms with Gasteiger partial charge in [0.15, 0.2) is 0 Å². The predicted octanol–water partition coefficient (Wildman–Crippen LogP) is 3.64. The van der Waals surface area contributed by atoms with E-state index in [1.165, 1.54) is 0 Å². The lowest BCUT2D eigenvalue weighted by Crippen LogP contribution is -2.23. The molecule has 1 aromatic carbocycles. The molecule has 7 nitrogen and oxygen atoms in total. The van der Waals surface area contributed by atoms with E-state index in [1.54, 1.807) is 6.20 Å². The molecule has 3 aromatic rings. The number of nitriles is 1. The molecular formula is C24H27N5O2. The molecule has 2 aromatic heterocycles. The van der Waals surface area contributed by atoms with Gasteiger partial charge in [-0.2, -0.15) is 10.4 Å². The van der Waals surface area contributed by atoms with Gasteiger partial charge in [0.1, 0.15) is 6.61 Å². The Labute approximate surface area is 182 Å². The Morgan fingerprint density at radius 2 is 2.00 bits per heavy atom. The average molecular weight is 418 g/mol. The first-order valence-corrected chi connectivity index (χ1v) is 10.3. The van der Waals surface area contributed by atoms with Gasteiger partial charge >= 0.3 is 0 Å². The van der Waals surface area contributed by atoms with Gasteiger partial charge in [-0.25, -0.2) is 4.98 Å². The minimum absolute atomic E-state index is 0.0212. The van der Waals surface area contributed by atoms with E-state index in [9.17, 15) is 4.79 Å². The van der Waals surface area contributed by atoms with Crippen molar-refractivity contribution in [3.63, 3.8) is 0 Å². The number of ether oxygens (including phenoxy) is 1. The number of pyridine rings is 1. The van der Waals surface area contributed by atoms with Crippen molar-refractivity contribution in [2.45, 2.75) is 52.8 Å². The van der Waals surface area contributed by atoms with E-state index in [0.717, 1.165) is 28.1 Å². The summed E-state index contributed by atoms with van der Waals surface area (Å²) >= 11 is 0. The van der Waals surface area contributed by atoms with Crippen LogP contribution < -0.4 is 10.1 Å². The van der Waals surface area contributed by atoms with Crippen LogP contribution in [-0.2, 0) is 30.9 Å². The van der Waals surface area contributed by atoms with E-state index >= 15 is 0 Å². The normalized spacial score (nSPS) is 10.5. The van der Waals surface area contributed by atoms with Gasteiger partial charge < -0.3 is 10.1 Å². The highest BCUT2D eigenvalue weighted by Crippen LogP contribution is 2.16. The Hall–Kier alpha value is -3.66. The van der Waals surface area contributed by atoms with Crippen LogP contribution in [0.2, 0.25) is 0 Å². The van der Waals surface area contributed by atoms with Crippen molar-refractivity contribution in [3.05, 3.63) is 76.7 Å². The first-order chi connectivity index (χ1) is 15.1. The molecule has 0 saturated heterocycles. The summed E-state index contributed by atoms with van der Waals surface area (Å²) in [6.45, 7) is 5.37. The number of hydrogen-bond donors (Lipinski definition) is 1. The van der Waals surface area contributed by atoms with Crippen LogP contribution in [0.5, 0.6) is 5.88 Å². The number of benzene rings is 1. The second-order valence-corrected chi connectivity index (χ2v) is 7.33. The molecule has 3 rings (SSSR count). The fourth-order valence-electron chi connectivity index (χ4n) is 3.37. The molecule has 0 radical (unpaired) electrons. The molecule has 1 amide bonds. The summed E-state index contributed by atoms with van der Waals surface area (Å²) in [6.07, 6.45) is 3.11. The van der Waals surface area contributed by atoms with Crippen molar-refractivity contribution in [3.8, 4) is 11.9 Å². The Balaban J connectivity index is 1.48. The van der Waals surface area contributed by atoms with Crippen molar-refractivity contribution >= 4 is 5.91 Å². The van der Waals surface area contributed by atoms with Crippen molar-refractivity contribution in [2.24, 2.45) is 0 Å². The highest BCUT2D eigenvalue weighted by atomic mass is 16.5. The van der Waals surface area contributed by atoms with Crippen LogP contribution in [0.25, 0.3) is 0 Å². The van der Waals surface area contributed by atoms with Crippen molar-refractivity contribution in [1.82, 2.24) is 20.1 Å². The Morgan fingerprint density at radius 3 is 2.77 bits per heavy atom. The third-order valence-electron chi connectivity index (χ3n) is 5.09. The molecule has 31 heavy (non-hydrogen) atoms. The SMILES string of the molecule is Cc1nn(CCC#N)c(C)c1CCC(=O)NCc1ccnc(OCc2ccccc2)c1. The lowest BCUT2D eigenvalue weighted by molar-refractivity contribution is -0.121. The smallest absolute Gasteiger partial charge is 0.220 e. The van der Waals surface area contributed by atoms with E-state index in [-0.39, 0.29) is 5.91 Å². The summed E-state index contributed by atoms with van der Waals surface area (Å²) < 4.78 is 7.60. The fraction of sp³-hybridized carbons (Fsp3) is 0.333. The number of carbonyl (C=O) groups is 1. The number of hydrogen-bond acceptors (Lipinski definition) is 5. The van der Waals surface area contributed by atoms with Gasteiger partial charge in [-0.1, -0.05) is 30.3 Å². The van der Waals surface area contributed by atoms with Crippen molar-refractivity contribution < 1.29 is 9.53 Å². The third kappa shape index (κ3) is 6.41. The van der Waals surface area contributed by atoms with Crippen LogP contribution in [0.3, 0.4) is 0 Å². The zero-order valence-electron chi connectivity index (χ0n) is 18.0. The molecule has 0 fully saturated rings. The summed E-state index contributed by atoms with van der Waals surface area (Å²) in [6, 6.07) is 15.8. The molecule has 1 N–H and O–H groups in total.